The van der Waals surface area contributed by atoms with E-state index in [-0.39, 0.29) is 0 Å². The first kappa shape index (κ1) is 16.3. The quantitative estimate of drug-likeness (QED) is 0.607. The van der Waals surface area contributed by atoms with Crippen molar-refractivity contribution in [3.8, 4) is 5.75 Å². The van der Waals surface area contributed by atoms with E-state index in [4.69, 9.17) is 17.0 Å². The standard InChI is InChI=1S/C16H22N4OS/c1-3-21-15-8-5-4-7-14(15)19-16(22)17-10-6-12-20-13(2)9-11-18-20/h4-5,7-9,11H,3,6,10,12H2,1-2H3,(H2,17,19,22). The molecule has 0 aliphatic rings. The lowest BCUT2D eigenvalue weighted by molar-refractivity contribution is 0.342. The predicted molar refractivity (Wildman–Crippen MR) is 93.4 cm³/mol. The number of hydrogen-bond donors (Lipinski definition) is 2. The molecule has 22 heavy (non-hydrogen) atoms. The Hall–Kier alpha value is -2.08. The molecule has 118 valence electrons. The Kier molecular flexibility index (Phi) is 6.21. The van der Waals surface area contributed by atoms with Crippen molar-refractivity contribution in [2.24, 2.45) is 0 Å². The predicted octanol–water partition coefficient (Wildman–Crippen LogP) is 2.97. The van der Waals surface area contributed by atoms with Crippen molar-refractivity contribution in [1.82, 2.24) is 15.1 Å². The number of nitrogens with one attached hydrogen (secondary N) is 2. The molecule has 0 fully saturated rings. The second-order valence-corrected chi connectivity index (χ2v) is 5.27. The Bertz CT molecular complexity index is 612. The first-order chi connectivity index (χ1) is 10.7. The fourth-order valence-corrected chi connectivity index (χ4v) is 2.29. The Morgan fingerprint density at radius 2 is 2.14 bits per heavy atom. The van der Waals surface area contributed by atoms with Crippen molar-refractivity contribution in [2.45, 2.75) is 26.8 Å². The van der Waals surface area contributed by atoms with Crippen LogP contribution in [0.5, 0.6) is 5.75 Å². The van der Waals surface area contributed by atoms with Gasteiger partial charge in [0, 0.05) is 25.0 Å². The average Bonchev–Trinajstić information content (AvgIpc) is 2.91. The molecule has 0 atom stereocenters. The van der Waals surface area contributed by atoms with E-state index in [9.17, 15) is 0 Å². The number of benzene rings is 1. The Balaban J connectivity index is 1.75. The highest BCUT2D eigenvalue weighted by molar-refractivity contribution is 7.80. The molecule has 6 heteroatoms. The summed E-state index contributed by atoms with van der Waals surface area (Å²) < 4.78 is 7.55. The molecule has 0 saturated heterocycles. The Morgan fingerprint density at radius 1 is 1.32 bits per heavy atom. The third-order valence-corrected chi connectivity index (χ3v) is 3.44. The highest BCUT2D eigenvalue weighted by Gasteiger charge is 2.04. The molecular weight excluding hydrogens is 296 g/mol. The molecule has 0 radical (unpaired) electrons. The molecule has 0 aliphatic carbocycles. The molecule has 1 heterocycles. The molecule has 0 saturated carbocycles. The summed E-state index contributed by atoms with van der Waals surface area (Å²) in [6, 6.07) is 9.78. The van der Waals surface area contributed by atoms with E-state index in [0.717, 1.165) is 30.9 Å². The minimum Gasteiger partial charge on any atom is -0.492 e. The molecule has 2 rings (SSSR count). The van der Waals surface area contributed by atoms with Crippen molar-refractivity contribution in [2.75, 3.05) is 18.5 Å². The molecule has 0 unspecified atom stereocenters. The van der Waals surface area contributed by atoms with Gasteiger partial charge in [-0.3, -0.25) is 4.68 Å². The highest BCUT2D eigenvalue weighted by Crippen LogP contribution is 2.23. The summed E-state index contributed by atoms with van der Waals surface area (Å²) in [5.74, 6) is 0.807. The molecule has 1 aromatic heterocycles. The number of thiocarbonyl (C=S) groups is 1. The van der Waals surface area contributed by atoms with Crippen molar-refractivity contribution in [3.05, 3.63) is 42.2 Å². The molecule has 0 aliphatic heterocycles. The maximum absolute atomic E-state index is 5.56. The first-order valence-electron chi connectivity index (χ1n) is 7.45. The maximum Gasteiger partial charge on any atom is 0.170 e. The SMILES string of the molecule is CCOc1ccccc1NC(=S)NCCCn1nccc1C. The van der Waals surface area contributed by atoms with Crippen LogP contribution in [0.15, 0.2) is 36.5 Å². The van der Waals surface area contributed by atoms with Crippen molar-refractivity contribution in [3.63, 3.8) is 0 Å². The van der Waals surface area contributed by atoms with Crippen molar-refractivity contribution in [1.29, 1.82) is 0 Å². The zero-order valence-corrected chi connectivity index (χ0v) is 13.8. The van der Waals surface area contributed by atoms with E-state index < -0.39 is 0 Å². The molecule has 2 N–H and O–H groups in total. The summed E-state index contributed by atoms with van der Waals surface area (Å²) in [7, 11) is 0. The summed E-state index contributed by atoms with van der Waals surface area (Å²) in [6.07, 6.45) is 2.77. The van der Waals surface area contributed by atoms with Crippen LogP contribution in [0.1, 0.15) is 19.0 Å². The third kappa shape index (κ3) is 4.73. The summed E-state index contributed by atoms with van der Waals surface area (Å²) in [5, 5.41) is 11.2. The molecular formula is C16H22N4OS. The molecule has 1 aromatic carbocycles. The summed E-state index contributed by atoms with van der Waals surface area (Å²) in [4.78, 5) is 0. The Labute approximate surface area is 136 Å². The number of para-hydroxylation sites is 2. The van der Waals surface area contributed by atoms with Gasteiger partial charge in [-0.15, -0.1) is 0 Å². The van der Waals surface area contributed by atoms with Gasteiger partial charge in [0.2, 0.25) is 0 Å². The zero-order valence-electron chi connectivity index (χ0n) is 13.0. The van der Waals surface area contributed by atoms with Gasteiger partial charge in [-0.05, 0) is 50.7 Å². The number of ether oxygens (including phenoxy) is 1. The average molecular weight is 318 g/mol. The second kappa shape index (κ2) is 8.38. The molecule has 0 spiro atoms. The van der Waals surface area contributed by atoms with E-state index in [1.807, 2.05) is 48.1 Å². The van der Waals surface area contributed by atoms with Gasteiger partial charge >= 0.3 is 0 Å². The fraction of sp³-hybridized carbons (Fsp3) is 0.375. The second-order valence-electron chi connectivity index (χ2n) is 4.86. The number of hydrogen-bond acceptors (Lipinski definition) is 3. The van der Waals surface area contributed by atoms with E-state index >= 15 is 0 Å². The van der Waals surface area contributed by atoms with Gasteiger partial charge in [0.25, 0.3) is 0 Å². The van der Waals surface area contributed by atoms with Gasteiger partial charge in [-0.1, -0.05) is 12.1 Å². The van der Waals surface area contributed by atoms with Crippen LogP contribution in [0.25, 0.3) is 0 Å². The normalized spacial score (nSPS) is 10.3. The van der Waals surface area contributed by atoms with E-state index in [2.05, 4.69) is 22.7 Å². The fourth-order valence-electron chi connectivity index (χ4n) is 2.08. The largest absolute Gasteiger partial charge is 0.492 e. The van der Waals surface area contributed by atoms with Gasteiger partial charge in [0.15, 0.2) is 5.11 Å². The van der Waals surface area contributed by atoms with Gasteiger partial charge < -0.3 is 15.4 Å². The zero-order chi connectivity index (χ0) is 15.8. The van der Waals surface area contributed by atoms with Crippen LogP contribution in [-0.4, -0.2) is 28.0 Å². The van der Waals surface area contributed by atoms with Crippen LogP contribution in [-0.2, 0) is 6.54 Å². The number of anilines is 1. The summed E-state index contributed by atoms with van der Waals surface area (Å²) >= 11 is 5.32. The molecule has 2 aromatic rings. The number of rotatable bonds is 7. The van der Waals surface area contributed by atoms with Crippen LogP contribution in [0.3, 0.4) is 0 Å². The number of aromatic nitrogens is 2. The Morgan fingerprint density at radius 3 is 2.86 bits per heavy atom. The topological polar surface area (TPSA) is 51.1 Å². The maximum atomic E-state index is 5.56. The molecule has 5 nitrogen and oxygen atoms in total. The highest BCUT2D eigenvalue weighted by atomic mass is 32.1. The smallest absolute Gasteiger partial charge is 0.170 e. The minimum atomic E-state index is 0.601. The monoisotopic (exact) mass is 318 g/mol. The van der Waals surface area contributed by atoms with E-state index in [0.29, 0.717) is 11.7 Å². The number of aryl methyl sites for hydroxylation is 2. The van der Waals surface area contributed by atoms with E-state index in [1.165, 1.54) is 5.69 Å². The summed E-state index contributed by atoms with van der Waals surface area (Å²) in [5.41, 5.74) is 2.05. The number of nitrogens with zero attached hydrogens (tertiary/aromatic N) is 2. The van der Waals surface area contributed by atoms with Crippen LogP contribution in [0.4, 0.5) is 5.69 Å². The van der Waals surface area contributed by atoms with Gasteiger partial charge in [0.1, 0.15) is 5.75 Å². The van der Waals surface area contributed by atoms with Crippen LogP contribution >= 0.6 is 12.2 Å². The molecule has 0 bridgehead atoms. The molecule has 0 amide bonds. The van der Waals surface area contributed by atoms with Crippen LogP contribution in [0.2, 0.25) is 0 Å². The van der Waals surface area contributed by atoms with Gasteiger partial charge in [-0.2, -0.15) is 5.10 Å². The lowest BCUT2D eigenvalue weighted by Crippen LogP contribution is -2.30. The van der Waals surface area contributed by atoms with Gasteiger partial charge in [0.05, 0.1) is 12.3 Å². The third-order valence-electron chi connectivity index (χ3n) is 3.20. The summed E-state index contributed by atoms with van der Waals surface area (Å²) in [6.45, 7) is 6.32. The minimum absolute atomic E-state index is 0.601. The van der Waals surface area contributed by atoms with Gasteiger partial charge in [-0.25, -0.2) is 0 Å². The van der Waals surface area contributed by atoms with Crippen molar-refractivity contribution >= 4 is 23.0 Å². The van der Waals surface area contributed by atoms with Crippen LogP contribution in [0, 0.1) is 6.92 Å². The first-order valence-corrected chi connectivity index (χ1v) is 7.86. The van der Waals surface area contributed by atoms with Crippen molar-refractivity contribution < 1.29 is 4.74 Å². The lowest BCUT2D eigenvalue weighted by Gasteiger charge is -2.14. The lowest BCUT2D eigenvalue weighted by atomic mass is 10.3. The van der Waals surface area contributed by atoms with Crippen LogP contribution < -0.4 is 15.4 Å². The van der Waals surface area contributed by atoms with E-state index in [1.54, 1.807) is 0 Å².